The van der Waals surface area contributed by atoms with E-state index in [2.05, 4.69) is 60.7 Å². The summed E-state index contributed by atoms with van der Waals surface area (Å²) in [5.74, 6) is 1.70. The van der Waals surface area contributed by atoms with Gasteiger partial charge in [0.2, 0.25) is 0 Å². The molecule has 23 heavy (non-hydrogen) atoms. The van der Waals surface area contributed by atoms with Gasteiger partial charge in [-0.1, -0.05) is 67.1 Å². The van der Waals surface area contributed by atoms with Gasteiger partial charge in [0.05, 0.1) is 0 Å². The van der Waals surface area contributed by atoms with Gasteiger partial charge in [-0.3, -0.25) is 0 Å². The molecule has 0 N–H and O–H groups in total. The SMILES string of the molecule is c1ccc2c(c1)ccc1c3ccc4c(c3ccc21)C1CCCC41. The number of hydrogen-bond acceptors (Lipinski definition) is 0. The van der Waals surface area contributed by atoms with E-state index in [4.69, 9.17) is 0 Å². The van der Waals surface area contributed by atoms with Gasteiger partial charge < -0.3 is 0 Å². The molecule has 0 aliphatic heterocycles. The first-order valence-corrected chi connectivity index (χ1v) is 8.79. The maximum atomic E-state index is 2.42. The van der Waals surface area contributed by atoms with Crippen molar-refractivity contribution >= 4 is 32.3 Å². The van der Waals surface area contributed by atoms with Gasteiger partial charge in [0.1, 0.15) is 0 Å². The lowest BCUT2D eigenvalue weighted by Gasteiger charge is -2.36. The highest BCUT2D eigenvalue weighted by Crippen LogP contribution is 2.58. The predicted octanol–water partition coefficient (Wildman–Crippen LogP) is 6.51. The van der Waals surface area contributed by atoms with Crippen molar-refractivity contribution in [3.8, 4) is 0 Å². The second-order valence-corrected chi connectivity index (χ2v) is 7.25. The molecule has 0 heteroatoms. The van der Waals surface area contributed by atoms with Gasteiger partial charge in [-0.15, -0.1) is 0 Å². The highest BCUT2D eigenvalue weighted by Gasteiger charge is 2.41. The fraction of sp³-hybridized carbons (Fsp3) is 0.217. The maximum Gasteiger partial charge on any atom is -0.00840 e. The van der Waals surface area contributed by atoms with Crippen molar-refractivity contribution in [2.75, 3.05) is 0 Å². The van der Waals surface area contributed by atoms with E-state index in [-0.39, 0.29) is 0 Å². The molecule has 0 bridgehead atoms. The summed E-state index contributed by atoms with van der Waals surface area (Å²) in [6.45, 7) is 0. The van der Waals surface area contributed by atoms with Crippen LogP contribution in [0.1, 0.15) is 42.2 Å². The molecule has 0 nitrogen and oxygen atoms in total. The zero-order valence-corrected chi connectivity index (χ0v) is 13.0. The molecule has 4 aromatic carbocycles. The summed E-state index contributed by atoms with van der Waals surface area (Å²) >= 11 is 0. The molecule has 110 valence electrons. The molecular weight excluding hydrogens is 276 g/mol. The molecule has 0 heterocycles. The van der Waals surface area contributed by atoms with Crippen LogP contribution in [0.25, 0.3) is 32.3 Å². The van der Waals surface area contributed by atoms with Crippen LogP contribution in [0.2, 0.25) is 0 Å². The maximum absolute atomic E-state index is 2.42. The van der Waals surface area contributed by atoms with Gasteiger partial charge in [0.15, 0.2) is 0 Å². The third kappa shape index (κ3) is 1.42. The van der Waals surface area contributed by atoms with Crippen LogP contribution in [0.4, 0.5) is 0 Å². The molecule has 0 radical (unpaired) electrons. The Kier molecular flexibility index (Phi) is 2.18. The lowest BCUT2D eigenvalue weighted by molar-refractivity contribution is 0.548. The van der Waals surface area contributed by atoms with E-state index in [9.17, 15) is 0 Å². The minimum Gasteiger partial charge on any atom is -0.0616 e. The van der Waals surface area contributed by atoms with E-state index < -0.39 is 0 Å². The van der Waals surface area contributed by atoms with Crippen molar-refractivity contribution in [2.24, 2.45) is 0 Å². The van der Waals surface area contributed by atoms with Crippen molar-refractivity contribution in [2.45, 2.75) is 31.1 Å². The van der Waals surface area contributed by atoms with Crippen molar-refractivity contribution in [1.82, 2.24) is 0 Å². The summed E-state index contributed by atoms with van der Waals surface area (Å²) in [4.78, 5) is 0. The van der Waals surface area contributed by atoms with Crippen molar-refractivity contribution in [3.05, 3.63) is 71.8 Å². The topological polar surface area (TPSA) is 0 Å². The standard InChI is InChI=1S/C23H18/c1-2-5-15-14(4-1)8-9-18-17(15)10-12-22-19(18)11-13-21-16-6-3-7-20(16)23(21)22/h1-2,4-5,8-13,16,20H,3,6-7H2. The van der Waals surface area contributed by atoms with Crippen LogP contribution in [-0.2, 0) is 0 Å². The number of fused-ring (bicyclic) bond motifs is 10. The fourth-order valence-corrected chi connectivity index (χ4v) is 5.26. The van der Waals surface area contributed by atoms with Crippen LogP contribution < -0.4 is 0 Å². The molecule has 2 atom stereocenters. The summed E-state index contributed by atoms with van der Waals surface area (Å²) in [5, 5.41) is 8.45. The van der Waals surface area contributed by atoms with Crippen LogP contribution in [0.15, 0.2) is 60.7 Å². The van der Waals surface area contributed by atoms with Gasteiger partial charge in [-0.05, 0) is 68.1 Å². The smallest absolute Gasteiger partial charge is 0.00840 e. The Morgan fingerprint density at radius 1 is 0.565 bits per heavy atom. The van der Waals surface area contributed by atoms with Gasteiger partial charge >= 0.3 is 0 Å². The Morgan fingerprint density at radius 2 is 1.26 bits per heavy atom. The zero-order chi connectivity index (χ0) is 15.0. The number of rotatable bonds is 0. The number of benzene rings is 4. The molecule has 2 aliphatic carbocycles. The molecule has 4 aromatic rings. The second-order valence-electron chi connectivity index (χ2n) is 7.25. The minimum absolute atomic E-state index is 0.839. The van der Waals surface area contributed by atoms with Crippen LogP contribution in [0.5, 0.6) is 0 Å². The van der Waals surface area contributed by atoms with Crippen molar-refractivity contribution < 1.29 is 0 Å². The third-order valence-corrected chi connectivity index (χ3v) is 6.28. The normalized spacial score (nSPS) is 22.3. The highest BCUT2D eigenvalue weighted by molar-refractivity contribution is 6.18. The average molecular weight is 294 g/mol. The molecule has 6 rings (SSSR count). The number of hydrogen-bond donors (Lipinski definition) is 0. The van der Waals surface area contributed by atoms with Gasteiger partial charge in [-0.25, -0.2) is 0 Å². The third-order valence-electron chi connectivity index (χ3n) is 6.28. The quantitative estimate of drug-likeness (QED) is 0.324. The lowest BCUT2D eigenvalue weighted by Crippen LogP contribution is -2.19. The van der Waals surface area contributed by atoms with Crippen LogP contribution in [0.3, 0.4) is 0 Å². The summed E-state index contributed by atoms with van der Waals surface area (Å²) in [6, 6.07) is 22.8. The van der Waals surface area contributed by atoms with Crippen molar-refractivity contribution in [1.29, 1.82) is 0 Å². The Labute approximate surface area is 135 Å². The first-order chi connectivity index (χ1) is 11.4. The Balaban J connectivity index is 1.75. The molecular formula is C23H18. The molecule has 2 aliphatic rings. The van der Waals surface area contributed by atoms with E-state index >= 15 is 0 Å². The molecule has 0 amide bonds. The van der Waals surface area contributed by atoms with Crippen molar-refractivity contribution in [3.63, 3.8) is 0 Å². The van der Waals surface area contributed by atoms with Crippen LogP contribution in [0, 0.1) is 0 Å². The summed E-state index contributed by atoms with van der Waals surface area (Å²) in [6.07, 6.45) is 4.21. The molecule has 0 spiro atoms. The second kappa shape index (κ2) is 4.14. The monoisotopic (exact) mass is 294 g/mol. The Morgan fingerprint density at radius 3 is 2.26 bits per heavy atom. The predicted molar refractivity (Wildman–Crippen MR) is 98.3 cm³/mol. The molecule has 0 saturated heterocycles. The first-order valence-electron chi connectivity index (χ1n) is 8.79. The molecule has 2 unspecified atom stereocenters. The zero-order valence-electron chi connectivity index (χ0n) is 13.0. The van der Waals surface area contributed by atoms with E-state index in [0.29, 0.717) is 0 Å². The molecule has 1 saturated carbocycles. The van der Waals surface area contributed by atoms with Gasteiger partial charge in [0, 0.05) is 0 Å². The van der Waals surface area contributed by atoms with E-state index in [1.54, 1.807) is 11.1 Å². The Hall–Kier alpha value is -2.34. The summed E-state index contributed by atoms with van der Waals surface area (Å²) < 4.78 is 0. The lowest BCUT2D eigenvalue weighted by atomic mass is 9.68. The van der Waals surface area contributed by atoms with Gasteiger partial charge in [-0.2, -0.15) is 0 Å². The van der Waals surface area contributed by atoms with E-state index in [0.717, 1.165) is 11.8 Å². The van der Waals surface area contributed by atoms with E-state index in [1.807, 2.05) is 0 Å². The summed E-state index contributed by atoms with van der Waals surface area (Å²) in [5.41, 5.74) is 3.31. The highest BCUT2D eigenvalue weighted by atomic mass is 14.4. The largest absolute Gasteiger partial charge is 0.0616 e. The molecule has 0 aromatic heterocycles. The minimum atomic E-state index is 0.839. The van der Waals surface area contributed by atoms with E-state index in [1.165, 1.54) is 51.6 Å². The van der Waals surface area contributed by atoms with Crippen LogP contribution >= 0.6 is 0 Å². The fourth-order valence-electron chi connectivity index (χ4n) is 5.26. The first kappa shape index (κ1) is 12.1. The molecule has 1 fully saturated rings. The Bertz CT molecular complexity index is 1100. The van der Waals surface area contributed by atoms with Crippen LogP contribution in [-0.4, -0.2) is 0 Å². The average Bonchev–Trinajstić information content (AvgIpc) is 3.01. The summed E-state index contributed by atoms with van der Waals surface area (Å²) in [7, 11) is 0. The van der Waals surface area contributed by atoms with Gasteiger partial charge in [0.25, 0.3) is 0 Å².